The van der Waals surface area contributed by atoms with Crippen LogP contribution in [0.3, 0.4) is 0 Å². The first-order valence-electron chi connectivity index (χ1n) is 7.90. The topological polar surface area (TPSA) is 61.9 Å². The van der Waals surface area contributed by atoms with Crippen LogP contribution in [-0.2, 0) is 14.3 Å². The molecule has 0 spiro atoms. The number of carbonyl (C=O) groups excluding carboxylic acids is 2. The average Bonchev–Trinajstić information content (AvgIpc) is 2.97. The Kier molecular flexibility index (Phi) is 5.58. The summed E-state index contributed by atoms with van der Waals surface area (Å²) >= 11 is 0. The van der Waals surface area contributed by atoms with Gasteiger partial charge in [0.25, 0.3) is 0 Å². The van der Waals surface area contributed by atoms with Crippen LogP contribution in [0, 0.1) is 5.41 Å². The number of methoxy groups -OCH3 is 1. The Morgan fingerprint density at radius 3 is 2.48 bits per heavy atom. The summed E-state index contributed by atoms with van der Waals surface area (Å²) in [6.45, 7) is 7.12. The monoisotopic (exact) mass is 297 g/mol. The highest BCUT2D eigenvalue weighted by molar-refractivity contribution is 5.83. The van der Waals surface area contributed by atoms with Gasteiger partial charge in [-0.2, -0.15) is 0 Å². The number of amides is 1. The van der Waals surface area contributed by atoms with E-state index in [1.165, 1.54) is 7.11 Å². The number of nitrogens with one attached hydrogen (secondary N) is 1. The standard InChI is InChI=1S/C15H27N3O3/c1-3-4-15(5-6-16-12-15)14(20)18-9-7-17(8-10-18)11-13(19)21-2/h16H,3-12H2,1-2H3. The SMILES string of the molecule is CCCC1(C(=O)N2CCN(CC(=O)OC)CC2)CCNC1. The third kappa shape index (κ3) is 3.74. The van der Waals surface area contributed by atoms with Crippen molar-refractivity contribution in [1.82, 2.24) is 15.1 Å². The van der Waals surface area contributed by atoms with E-state index in [-0.39, 0.29) is 11.4 Å². The summed E-state index contributed by atoms with van der Waals surface area (Å²) in [7, 11) is 1.41. The molecule has 6 heteroatoms. The number of hydrogen-bond acceptors (Lipinski definition) is 5. The van der Waals surface area contributed by atoms with Gasteiger partial charge in [0.1, 0.15) is 0 Å². The highest BCUT2D eigenvalue weighted by atomic mass is 16.5. The van der Waals surface area contributed by atoms with E-state index in [1.807, 2.05) is 4.90 Å². The van der Waals surface area contributed by atoms with Gasteiger partial charge in [0.2, 0.25) is 5.91 Å². The van der Waals surface area contributed by atoms with Gasteiger partial charge in [-0.15, -0.1) is 0 Å². The van der Waals surface area contributed by atoms with Crippen molar-refractivity contribution in [3.63, 3.8) is 0 Å². The number of rotatable bonds is 5. The van der Waals surface area contributed by atoms with E-state index in [1.54, 1.807) is 0 Å². The minimum atomic E-state index is -0.211. The summed E-state index contributed by atoms with van der Waals surface area (Å²) in [6, 6.07) is 0. The third-order valence-electron chi connectivity index (χ3n) is 4.67. The molecule has 0 radical (unpaired) electrons. The largest absolute Gasteiger partial charge is 0.468 e. The van der Waals surface area contributed by atoms with Crippen LogP contribution in [0.15, 0.2) is 0 Å². The Morgan fingerprint density at radius 1 is 1.24 bits per heavy atom. The minimum Gasteiger partial charge on any atom is -0.468 e. The quantitative estimate of drug-likeness (QED) is 0.729. The number of nitrogens with zero attached hydrogens (tertiary/aromatic N) is 2. The maximum absolute atomic E-state index is 12.9. The summed E-state index contributed by atoms with van der Waals surface area (Å²) in [6.07, 6.45) is 2.94. The number of esters is 1. The maximum atomic E-state index is 12.9. The highest BCUT2D eigenvalue weighted by Crippen LogP contribution is 2.33. The molecule has 2 heterocycles. The van der Waals surface area contributed by atoms with Gasteiger partial charge < -0.3 is 15.0 Å². The van der Waals surface area contributed by atoms with Crippen LogP contribution >= 0.6 is 0 Å². The molecule has 6 nitrogen and oxygen atoms in total. The summed E-state index contributed by atoms with van der Waals surface area (Å²) in [4.78, 5) is 28.2. The molecule has 1 amide bonds. The van der Waals surface area contributed by atoms with Crippen LogP contribution in [0.25, 0.3) is 0 Å². The molecule has 0 aromatic carbocycles. The Morgan fingerprint density at radius 2 is 1.95 bits per heavy atom. The molecule has 1 atom stereocenters. The molecule has 2 aliphatic rings. The van der Waals surface area contributed by atoms with Gasteiger partial charge in [-0.05, 0) is 19.4 Å². The van der Waals surface area contributed by atoms with Crippen LogP contribution in [0.4, 0.5) is 0 Å². The van der Waals surface area contributed by atoms with Crippen LogP contribution in [0.2, 0.25) is 0 Å². The predicted molar refractivity (Wildman–Crippen MR) is 79.9 cm³/mol. The zero-order valence-corrected chi connectivity index (χ0v) is 13.2. The molecule has 2 rings (SSSR count). The zero-order chi connectivity index (χ0) is 15.3. The first kappa shape index (κ1) is 16.2. The molecule has 2 saturated heterocycles. The van der Waals surface area contributed by atoms with E-state index in [9.17, 15) is 9.59 Å². The van der Waals surface area contributed by atoms with Gasteiger partial charge in [0.05, 0.1) is 19.1 Å². The lowest BCUT2D eigenvalue weighted by molar-refractivity contribution is -0.145. The number of ether oxygens (including phenoxy) is 1. The van der Waals surface area contributed by atoms with E-state index in [4.69, 9.17) is 0 Å². The van der Waals surface area contributed by atoms with Crippen molar-refractivity contribution in [2.24, 2.45) is 5.41 Å². The fourth-order valence-electron chi connectivity index (χ4n) is 3.42. The lowest BCUT2D eigenvalue weighted by Crippen LogP contribution is -2.54. The zero-order valence-electron chi connectivity index (χ0n) is 13.2. The van der Waals surface area contributed by atoms with Gasteiger partial charge in [0, 0.05) is 32.7 Å². The van der Waals surface area contributed by atoms with E-state index in [0.717, 1.165) is 45.4 Å². The Balaban J connectivity index is 1.89. The Labute approximate surface area is 126 Å². The fraction of sp³-hybridized carbons (Fsp3) is 0.867. The second kappa shape index (κ2) is 7.22. The maximum Gasteiger partial charge on any atom is 0.319 e. The molecule has 0 aliphatic carbocycles. The number of piperazine rings is 1. The lowest BCUT2D eigenvalue weighted by atomic mass is 9.81. The van der Waals surface area contributed by atoms with E-state index < -0.39 is 0 Å². The van der Waals surface area contributed by atoms with Crippen molar-refractivity contribution < 1.29 is 14.3 Å². The highest BCUT2D eigenvalue weighted by Gasteiger charge is 2.43. The summed E-state index contributed by atoms with van der Waals surface area (Å²) in [5, 5.41) is 3.34. The molecule has 0 aromatic rings. The first-order chi connectivity index (χ1) is 10.1. The Bertz CT molecular complexity index is 372. The van der Waals surface area contributed by atoms with Crippen LogP contribution < -0.4 is 5.32 Å². The van der Waals surface area contributed by atoms with Crippen molar-refractivity contribution in [3.05, 3.63) is 0 Å². The second-order valence-corrected chi connectivity index (χ2v) is 6.10. The Hall–Kier alpha value is -1.14. The first-order valence-corrected chi connectivity index (χ1v) is 7.90. The summed E-state index contributed by atoms with van der Waals surface area (Å²) < 4.78 is 4.69. The molecule has 1 unspecified atom stereocenters. The molecule has 0 saturated carbocycles. The number of carbonyl (C=O) groups is 2. The van der Waals surface area contributed by atoms with Crippen LogP contribution in [-0.4, -0.2) is 74.6 Å². The van der Waals surface area contributed by atoms with Crippen molar-refractivity contribution in [2.75, 3.05) is 52.9 Å². The van der Waals surface area contributed by atoms with E-state index >= 15 is 0 Å². The predicted octanol–water partition coefficient (Wildman–Crippen LogP) is 0.0834. The van der Waals surface area contributed by atoms with Gasteiger partial charge in [0.15, 0.2) is 0 Å². The van der Waals surface area contributed by atoms with E-state index in [0.29, 0.717) is 25.5 Å². The molecular weight excluding hydrogens is 270 g/mol. The third-order valence-corrected chi connectivity index (χ3v) is 4.67. The fourth-order valence-corrected chi connectivity index (χ4v) is 3.42. The smallest absolute Gasteiger partial charge is 0.319 e. The molecule has 1 N–H and O–H groups in total. The summed E-state index contributed by atoms with van der Waals surface area (Å²) in [5.41, 5.74) is -0.195. The normalized spacial score (nSPS) is 26.9. The molecule has 2 fully saturated rings. The van der Waals surface area contributed by atoms with Crippen molar-refractivity contribution in [2.45, 2.75) is 26.2 Å². The van der Waals surface area contributed by atoms with E-state index in [2.05, 4.69) is 21.9 Å². The van der Waals surface area contributed by atoms with Gasteiger partial charge >= 0.3 is 5.97 Å². The second-order valence-electron chi connectivity index (χ2n) is 6.10. The lowest BCUT2D eigenvalue weighted by Gasteiger charge is -2.39. The minimum absolute atomic E-state index is 0.195. The summed E-state index contributed by atoms with van der Waals surface area (Å²) in [5.74, 6) is 0.0873. The van der Waals surface area contributed by atoms with Gasteiger partial charge in [-0.25, -0.2) is 0 Å². The van der Waals surface area contributed by atoms with Crippen molar-refractivity contribution >= 4 is 11.9 Å². The molecule has 0 aromatic heterocycles. The van der Waals surface area contributed by atoms with Crippen LogP contribution in [0.1, 0.15) is 26.2 Å². The molecule has 2 aliphatic heterocycles. The molecular formula is C15H27N3O3. The van der Waals surface area contributed by atoms with Crippen LogP contribution in [0.5, 0.6) is 0 Å². The van der Waals surface area contributed by atoms with Crippen molar-refractivity contribution in [3.8, 4) is 0 Å². The number of hydrogen-bond donors (Lipinski definition) is 1. The van der Waals surface area contributed by atoms with Crippen molar-refractivity contribution in [1.29, 1.82) is 0 Å². The van der Waals surface area contributed by atoms with Gasteiger partial charge in [-0.1, -0.05) is 13.3 Å². The molecule has 120 valence electrons. The molecule has 0 bridgehead atoms. The average molecular weight is 297 g/mol. The molecule has 21 heavy (non-hydrogen) atoms. The van der Waals surface area contributed by atoms with Gasteiger partial charge in [-0.3, -0.25) is 14.5 Å².